The summed E-state index contributed by atoms with van der Waals surface area (Å²) in [4.78, 5) is 13.5. The van der Waals surface area contributed by atoms with Crippen LogP contribution >= 0.6 is 11.6 Å². The van der Waals surface area contributed by atoms with Gasteiger partial charge in [-0.25, -0.2) is 0 Å². The summed E-state index contributed by atoms with van der Waals surface area (Å²) in [5.74, 6) is -0.102. The minimum atomic E-state index is -0.230. The molecule has 5 heteroatoms. The van der Waals surface area contributed by atoms with Crippen LogP contribution in [0, 0.1) is 18.3 Å². The predicted octanol–water partition coefficient (Wildman–Crippen LogP) is 2.29. The van der Waals surface area contributed by atoms with Gasteiger partial charge < -0.3 is 9.64 Å². The summed E-state index contributed by atoms with van der Waals surface area (Å²) in [5, 5.41) is 9.27. The second-order valence-electron chi connectivity index (χ2n) is 4.23. The molecule has 18 heavy (non-hydrogen) atoms. The van der Waals surface area contributed by atoms with Crippen LogP contribution in [0.5, 0.6) is 0 Å². The highest BCUT2D eigenvalue weighted by Gasteiger charge is 2.28. The van der Waals surface area contributed by atoms with E-state index in [-0.39, 0.29) is 25.0 Å². The lowest BCUT2D eigenvalue weighted by molar-refractivity contribution is -0.129. The summed E-state index contributed by atoms with van der Waals surface area (Å²) < 4.78 is 5.31. The number of hydrogen-bond donors (Lipinski definition) is 0. The van der Waals surface area contributed by atoms with Crippen LogP contribution in [0.4, 0.5) is 5.69 Å². The van der Waals surface area contributed by atoms with Gasteiger partial charge in [-0.15, -0.1) is 0 Å². The molecule has 0 aliphatic carbocycles. The maximum atomic E-state index is 11.9. The van der Waals surface area contributed by atoms with Crippen LogP contribution in [0.2, 0.25) is 5.02 Å². The fraction of sp³-hybridized carbons (Fsp3) is 0.385. The summed E-state index contributed by atoms with van der Waals surface area (Å²) in [6.07, 6.45) is 0.0507. The molecule has 0 radical (unpaired) electrons. The molecule has 0 aromatic heterocycles. The molecular formula is C13H13ClN2O2. The van der Waals surface area contributed by atoms with Crippen molar-refractivity contribution in [3.8, 4) is 6.07 Å². The number of hydrogen-bond acceptors (Lipinski definition) is 3. The Labute approximate surface area is 111 Å². The number of morpholine rings is 1. The van der Waals surface area contributed by atoms with E-state index in [0.717, 1.165) is 11.3 Å². The van der Waals surface area contributed by atoms with Gasteiger partial charge in [-0.2, -0.15) is 5.26 Å². The zero-order valence-electron chi connectivity index (χ0n) is 10.0. The first kappa shape index (κ1) is 12.9. The maximum Gasteiger partial charge on any atom is 0.253 e. The number of benzene rings is 1. The van der Waals surface area contributed by atoms with Crippen molar-refractivity contribution in [3.05, 3.63) is 28.8 Å². The quantitative estimate of drug-likeness (QED) is 0.824. The third kappa shape index (κ3) is 2.63. The number of nitriles is 1. The Kier molecular flexibility index (Phi) is 3.85. The molecule has 94 valence electrons. The van der Waals surface area contributed by atoms with Gasteiger partial charge in [-0.3, -0.25) is 4.79 Å². The Morgan fingerprint density at radius 1 is 1.61 bits per heavy atom. The van der Waals surface area contributed by atoms with Gasteiger partial charge in [0.15, 0.2) is 0 Å². The van der Waals surface area contributed by atoms with E-state index in [0.29, 0.717) is 11.6 Å². The monoisotopic (exact) mass is 264 g/mol. The van der Waals surface area contributed by atoms with E-state index in [9.17, 15) is 4.79 Å². The second-order valence-corrected chi connectivity index (χ2v) is 4.67. The summed E-state index contributed by atoms with van der Waals surface area (Å²) in [7, 11) is 0. The number of carbonyl (C=O) groups is 1. The number of halogens is 1. The SMILES string of the molecule is Cc1ccc(Cl)cc1N1CC(CC#N)OCC1=O. The smallest absolute Gasteiger partial charge is 0.253 e. The molecule has 1 amide bonds. The van der Waals surface area contributed by atoms with Gasteiger partial charge >= 0.3 is 0 Å². The Hall–Kier alpha value is -1.57. The molecule has 1 saturated heterocycles. The van der Waals surface area contributed by atoms with Crippen LogP contribution in [-0.2, 0) is 9.53 Å². The van der Waals surface area contributed by atoms with Crippen molar-refractivity contribution in [3.63, 3.8) is 0 Å². The summed E-state index contributed by atoms with van der Waals surface area (Å²) >= 11 is 5.96. The molecule has 1 aromatic carbocycles. The molecule has 0 spiro atoms. The van der Waals surface area contributed by atoms with E-state index in [1.807, 2.05) is 13.0 Å². The Morgan fingerprint density at radius 2 is 2.39 bits per heavy atom. The highest BCUT2D eigenvalue weighted by atomic mass is 35.5. The zero-order chi connectivity index (χ0) is 13.1. The van der Waals surface area contributed by atoms with E-state index >= 15 is 0 Å². The van der Waals surface area contributed by atoms with Gasteiger partial charge in [0.2, 0.25) is 0 Å². The van der Waals surface area contributed by atoms with Crippen molar-refractivity contribution in [2.75, 3.05) is 18.1 Å². The molecule has 1 unspecified atom stereocenters. The molecule has 1 fully saturated rings. The number of nitrogens with zero attached hydrogens (tertiary/aromatic N) is 2. The van der Waals surface area contributed by atoms with Gasteiger partial charge in [-0.1, -0.05) is 17.7 Å². The van der Waals surface area contributed by atoms with Crippen LogP contribution < -0.4 is 4.90 Å². The topological polar surface area (TPSA) is 53.3 Å². The lowest BCUT2D eigenvalue weighted by atomic mass is 10.1. The average molecular weight is 265 g/mol. The highest BCUT2D eigenvalue weighted by Crippen LogP contribution is 2.26. The fourth-order valence-corrected chi connectivity index (χ4v) is 2.12. The van der Waals surface area contributed by atoms with Crippen LogP contribution in [0.15, 0.2) is 18.2 Å². The van der Waals surface area contributed by atoms with Crippen molar-refractivity contribution in [1.82, 2.24) is 0 Å². The molecule has 4 nitrogen and oxygen atoms in total. The molecule has 1 aliphatic rings. The van der Waals surface area contributed by atoms with E-state index in [1.54, 1.807) is 17.0 Å². The Bertz CT molecular complexity index is 510. The fourth-order valence-electron chi connectivity index (χ4n) is 1.96. The third-order valence-corrected chi connectivity index (χ3v) is 3.15. The highest BCUT2D eigenvalue weighted by molar-refractivity contribution is 6.31. The van der Waals surface area contributed by atoms with Crippen molar-refractivity contribution in [2.45, 2.75) is 19.4 Å². The lowest BCUT2D eigenvalue weighted by Gasteiger charge is -2.32. The second kappa shape index (κ2) is 5.38. The van der Waals surface area contributed by atoms with Gasteiger partial charge in [0.1, 0.15) is 6.61 Å². The van der Waals surface area contributed by atoms with Crippen LogP contribution in [0.1, 0.15) is 12.0 Å². The van der Waals surface area contributed by atoms with Gasteiger partial charge in [-0.05, 0) is 24.6 Å². The number of carbonyl (C=O) groups excluding carboxylic acids is 1. The van der Waals surface area contributed by atoms with E-state index in [4.69, 9.17) is 21.6 Å². The number of rotatable bonds is 2. The maximum absolute atomic E-state index is 11.9. The molecule has 0 saturated carbocycles. The Morgan fingerprint density at radius 3 is 3.11 bits per heavy atom. The summed E-state index contributed by atoms with van der Waals surface area (Å²) in [6, 6.07) is 7.49. The standard InChI is InChI=1S/C13H13ClN2O2/c1-9-2-3-10(14)6-12(9)16-7-11(4-5-15)18-8-13(16)17/h2-3,6,11H,4,7-8H2,1H3. The van der Waals surface area contributed by atoms with Crippen molar-refractivity contribution >= 4 is 23.2 Å². The number of aryl methyl sites for hydroxylation is 1. The Balaban J connectivity index is 2.27. The molecule has 0 bridgehead atoms. The van der Waals surface area contributed by atoms with Crippen molar-refractivity contribution in [1.29, 1.82) is 5.26 Å². The van der Waals surface area contributed by atoms with Gasteiger partial charge in [0.25, 0.3) is 5.91 Å². The minimum Gasteiger partial charge on any atom is -0.365 e. The molecule has 1 aliphatic heterocycles. The van der Waals surface area contributed by atoms with Crippen LogP contribution in [-0.4, -0.2) is 25.2 Å². The third-order valence-electron chi connectivity index (χ3n) is 2.91. The van der Waals surface area contributed by atoms with E-state index < -0.39 is 0 Å². The van der Waals surface area contributed by atoms with Crippen molar-refractivity contribution in [2.24, 2.45) is 0 Å². The number of ether oxygens (including phenoxy) is 1. The first-order valence-electron chi connectivity index (χ1n) is 5.67. The first-order valence-corrected chi connectivity index (χ1v) is 6.04. The molecule has 0 N–H and O–H groups in total. The van der Waals surface area contributed by atoms with Crippen LogP contribution in [0.3, 0.4) is 0 Å². The van der Waals surface area contributed by atoms with E-state index in [1.165, 1.54) is 0 Å². The number of amides is 1. The van der Waals surface area contributed by atoms with Gasteiger partial charge in [0.05, 0.1) is 25.1 Å². The molecule has 1 aromatic rings. The molecule has 1 atom stereocenters. The normalized spacial score (nSPS) is 19.7. The lowest BCUT2D eigenvalue weighted by Crippen LogP contribution is -2.47. The summed E-state index contributed by atoms with van der Waals surface area (Å²) in [6.45, 7) is 2.33. The first-order chi connectivity index (χ1) is 8.61. The largest absolute Gasteiger partial charge is 0.365 e. The molecule has 2 rings (SSSR count). The predicted molar refractivity (Wildman–Crippen MR) is 68.5 cm³/mol. The minimum absolute atomic E-state index is 0.0122. The average Bonchev–Trinajstić information content (AvgIpc) is 2.35. The van der Waals surface area contributed by atoms with Gasteiger partial charge in [0, 0.05) is 10.7 Å². The molecular weight excluding hydrogens is 252 g/mol. The number of anilines is 1. The van der Waals surface area contributed by atoms with Crippen molar-refractivity contribution < 1.29 is 9.53 Å². The summed E-state index contributed by atoms with van der Waals surface area (Å²) in [5.41, 5.74) is 1.77. The van der Waals surface area contributed by atoms with Crippen LogP contribution in [0.25, 0.3) is 0 Å². The zero-order valence-corrected chi connectivity index (χ0v) is 10.8. The van der Waals surface area contributed by atoms with E-state index in [2.05, 4.69) is 6.07 Å². The molecule has 1 heterocycles.